The van der Waals surface area contributed by atoms with Crippen molar-refractivity contribution in [1.82, 2.24) is 10.6 Å². The maximum absolute atomic E-state index is 11.3. The smallest absolute Gasteiger partial charge is 0.332 e. The van der Waals surface area contributed by atoms with Gasteiger partial charge in [0.15, 0.2) is 0 Å². The van der Waals surface area contributed by atoms with E-state index in [0.29, 0.717) is 5.70 Å². The largest absolute Gasteiger partial charge is 0.466 e. The summed E-state index contributed by atoms with van der Waals surface area (Å²) in [4.78, 5) is 22.1. The van der Waals surface area contributed by atoms with E-state index in [2.05, 4.69) is 15.4 Å². The van der Waals surface area contributed by atoms with Gasteiger partial charge in [-0.3, -0.25) is 0 Å². The molecule has 0 aliphatic heterocycles. The number of methoxy groups -OCH3 is 1. The second-order valence-corrected chi connectivity index (χ2v) is 4.18. The van der Waals surface area contributed by atoms with Gasteiger partial charge in [0.25, 0.3) is 0 Å². The Morgan fingerprint density at radius 1 is 1.27 bits per heavy atom. The van der Waals surface area contributed by atoms with Gasteiger partial charge in [-0.25, -0.2) is 9.59 Å². The second kappa shape index (κ2) is 5.38. The summed E-state index contributed by atoms with van der Waals surface area (Å²) in [6, 6.07) is -0.347. The molecule has 0 fully saturated rings. The maximum atomic E-state index is 11.3. The first kappa shape index (κ1) is 13.5. The molecule has 0 aromatic heterocycles. The van der Waals surface area contributed by atoms with E-state index in [1.165, 1.54) is 13.2 Å². The van der Waals surface area contributed by atoms with E-state index in [-0.39, 0.29) is 11.6 Å². The summed E-state index contributed by atoms with van der Waals surface area (Å²) in [5.74, 6) is -0.497. The Balaban J connectivity index is 4.19. The topological polar surface area (TPSA) is 67.4 Å². The van der Waals surface area contributed by atoms with Crippen LogP contribution in [-0.2, 0) is 9.53 Å². The number of ether oxygens (including phenoxy) is 1. The third-order valence-corrected chi connectivity index (χ3v) is 1.33. The van der Waals surface area contributed by atoms with E-state index in [0.717, 1.165) is 0 Å². The minimum Gasteiger partial charge on any atom is -0.466 e. The van der Waals surface area contributed by atoms with Crippen LogP contribution in [0.5, 0.6) is 0 Å². The molecule has 15 heavy (non-hydrogen) atoms. The predicted octanol–water partition coefficient (Wildman–Crippen LogP) is 1.16. The Bertz CT molecular complexity index is 277. The highest BCUT2D eigenvalue weighted by Gasteiger charge is 2.13. The van der Waals surface area contributed by atoms with Crippen LogP contribution in [0.25, 0.3) is 0 Å². The van der Waals surface area contributed by atoms with E-state index in [1.807, 2.05) is 20.8 Å². The van der Waals surface area contributed by atoms with Gasteiger partial charge in [0.05, 0.1) is 7.11 Å². The lowest BCUT2D eigenvalue weighted by Crippen LogP contribution is -2.45. The highest BCUT2D eigenvalue weighted by molar-refractivity contribution is 5.84. The molecule has 0 bridgehead atoms. The maximum Gasteiger partial charge on any atom is 0.332 e. The summed E-state index contributed by atoms with van der Waals surface area (Å²) in [5, 5.41) is 5.21. The number of nitrogens with one attached hydrogen (secondary N) is 2. The molecule has 5 nitrogen and oxygen atoms in total. The molecule has 0 aliphatic carbocycles. The van der Waals surface area contributed by atoms with Crippen molar-refractivity contribution in [1.29, 1.82) is 0 Å². The first-order chi connectivity index (χ1) is 6.74. The average molecular weight is 214 g/mol. The molecule has 0 atom stereocenters. The van der Waals surface area contributed by atoms with Gasteiger partial charge in [-0.15, -0.1) is 0 Å². The molecule has 0 aromatic carbocycles. The van der Waals surface area contributed by atoms with Crippen LogP contribution in [-0.4, -0.2) is 24.6 Å². The van der Waals surface area contributed by atoms with Gasteiger partial charge >= 0.3 is 12.0 Å². The van der Waals surface area contributed by atoms with Gasteiger partial charge in [0.1, 0.15) is 0 Å². The third kappa shape index (κ3) is 7.54. The Morgan fingerprint density at radius 3 is 2.20 bits per heavy atom. The number of hydrogen-bond acceptors (Lipinski definition) is 3. The van der Waals surface area contributed by atoms with Crippen molar-refractivity contribution in [2.75, 3.05) is 7.11 Å². The van der Waals surface area contributed by atoms with Crippen molar-refractivity contribution >= 4 is 12.0 Å². The lowest BCUT2D eigenvalue weighted by atomic mass is 10.1. The number of amides is 2. The quantitative estimate of drug-likeness (QED) is 0.535. The Hall–Kier alpha value is -1.52. The molecule has 86 valence electrons. The van der Waals surface area contributed by atoms with Gasteiger partial charge in [0.2, 0.25) is 0 Å². The first-order valence-corrected chi connectivity index (χ1v) is 4.60. The van der Waals surface area contributed by atoms with Gasteiger partial charge in [-0.05, 0) is 27.7 Å². The molecule has 2 N–H and O–H groups in total. The van der Waals surface area contributed by atoms with E-state index in [1.54, 1.807) is 6.92 Å². The zero-order chi connectivity index (χ0) is 12.1. The van der Waals surface area contributed by atoms with Crippen molar-refractivity contribution in [2.45, 2.75) is 33.2 Å². The Kier molecular flexibility index (Phi) is 4.84. The molecule has 0 saturated heterocycles. The number of carbonyl (C=O) groups excluding carboxylic acids is 2. The molecule has 0 radical (unpaired) electrons. The summed E-state index contributed by atoms with van der Waals surface area (Å²) in [6.45, 7) is 7.21. The summed E-state index contributed by atoms with van der Waals surface area (Å²) < 4.78 is 4.42. The van der Waals surface area contributed by atoms with Crippen molar-refractivity contribution in [3.05, 3.63) is 11.8 Å². The molecule has 2 amide bonds. The molecule has 0 saturated carbocycles. The Morgan fingerprint density at radius 2 is 1.80 bits per heavy atom. The molecule has 0 heterocycles. The number of hydrogen-bond donors (Lipinski definition) is 2. The number of rotatable bonds is 2. The normalized spacial score (nSPS) is 11.9. The summed E-state index contributed by atoms with van der Waals surface area (Å²) in [5.41, 5.74) is 0.124. The van der Waals surface area contributed by atoms with E-state index >= 15 is 0 Å². The van der Waals surface area contributed by atoms with Gasteiger partial charge in [-0.2, -0.15) is 0 Å². The third-order valence-electron chi connectivity index (χ3n) is 1.33. The van der Waals surface area contributed by atoms with Crippen LogP contribution in [0.2, 0.25) is 0 Å². The molecule has 0 unspecified atom stereocenters. The molecule has 0 rings (SSSR count). The Labute approximate surface area is 89.9 Å². The number of esters is 1. The minimum atomic E-state index is -0.497. The standard InChI is InChI=1S/C10H18N2O3/c1-7(6-8(13)15-5)11-9(14)12-10(2,3)4/h6H,1-5H3,(H2,11,12,14). The van der Waals surface area contributed by atoms with Crippen molar-refractivity contribution in [3.8, 4) is 0 Å². The lowest BCUT2D eigenvalue weighted by Gasteiger charge is -2.20. The van der Waals surface area contributed by atoms with Crippen LogP contribution < -0.4 is 10.6 Å². The van der Waals surface area contributed by atoms with Crippen LogP contribution in [0.15, 0.2) is 11.8 Å². The molecule has 5 heteroatoms. The van der Waals surface area contributed by atoms with E-state index < -0.39 is 5.97 Å². The van der Waals surface area contributed by atoms with E-state index in [4.69, 9.17) is 0 Å². The van der Waals surface area contributed by atoms with Crippen molar-refractivity contribution in [3.63, 3.8) is 0 Å². The van der Waals surface area contributed by atoms with Crippen LogP contribution in [0.4, 0.5) is 4.79 Å². The van der Waals surface area contributed by atoms with Crippen molar-refractivity contribution in [2.24, 2.45) is 0 Å². The van der Waals surface area contributed by atoms with Crippen LogP contribution >= 0.6 is 0 Å². The monoisotopic (exact) mass is 214 g/mol. The fourth-order valence-corrected chi connectivity index (χ4v) is 0.823. The van der Waals surface area contributed by atoms with Gasteiger partial charge in [-0.1, -0.05) is 0 Å². The summed E-state index contributed by atoms with van der Waals surface area (Å²) in [6.07, 6.45) is 1.21. The molecule has 0 aromatic rings. The van der Waals surface area contributed by atoms with E-state index in [9.17, 15) is 9.59 Å². The predicted molar refractivity (Wildman–Crippen MR) is 57.2 cm³/mol. The van der Waals surface area contributed by atoms with Crippen LogP contribution in [0, 0.1) is 0 Å². The van der Waals surface area contributed by atoms with Crippen LogP contribution in [0.1, 0.15) is 27.7 Å². The minimum absolute atomic E-state index is 0.310. The van der Waals surface area contributed by atoms with Crippen molar-refractivity contribution < 1.29 is 14.3 Å². The first-order valence-electron chi connectivity index (χ1n) is 4.60. The zero-order valence-corrected chi connectivity index (χ0v) is 9.80. The second-order valence-electron chi connectivity index (χ2n) is 4.18. The fraction of sp³-hybridized carbons (Fsp3) is 0.600. The molecule has 0 aliphatic rings. The highest BCUT2D eigenvalue weighted by Crippen LogP contribution is 1.98. The van der Waals surface area contributed by atoms with Gasteiger partial charge < -0.3 is 15.4 Å². The SMILES string of the molecule is COC(=O)C=C(C)NC(=O)NC(C)(C)C. The molecule has 0 spiro atoms. The van der Waals surface area contributed by atoms with Gasteiger partial charge in [0, 0.05) is 17.3 Å². The number of allylic oxidation sites excluding steroid dienone is 1. The molecular formula is C10H18N2O3. The van der Waals surface area contributed by atoms with Crippen LogP contribution in [0.3, 0.4) is 0 Å². The lowest BCUT2D eigenvalue weighted by molar-refractivity contribution is -0.134. The average Bonchev–Trinajstić information content (AvgIpc) is 1.99. The highest BCUT2D eigenvalue weighted by atomic mass is 16.5. The molecular weight excluding hydrogens is 196 g/mol. The zero-order valence-electron chi connectivity index (χ0n) is 9.80. The number of carbonyl (C=O) groups is 2. The number of urea groups is 1. The fourth-order valence-electron chi connectivity index (χ4n) is 0.823. The summed E-state index contributed by atoms with van der Waals surface area (Å²) in [7, 11) is 1.28. The summed E-state index contributed by atoms with van der Waals surface area (Å²) >= 11 is 0.